The summed E-state index contributed by atoms with van der Waals surface area (Å²) in [5.41, 5.74) is 0.234. The van der Waals surface area contributed by atoms with E-state index in [0.717, 1.165) is 0 Å². The molecule has 0 aliphatic heterocycles. The first-order chi connectivity index (χ1) is 9.12. The van der Waals surface area contributed by atoms with E-state index in [1.54, 1.807) is 0 Å². The monoisotopic (exact) mass is 316 g/mol. The Labute approximate surface area is 135 Å². The molecule has 0 aliphatic rings. The third kappa shape index (κ3) is 3.40. The lowest BCUT2D eigenvalue weighted by atomic mass is 9.81. The van der Waals surface area contributed by atoms with Gasteiger partial charge < -0.3 is 8.85 Å². The van der Waals surface area contributed by atoms with Gasteiger partial charge in [-0.25, -0.2) is 0 Å². The summed E-state index contributed by atoms with van der Waals surface area (Å²) in [5, 5.41) is -0.0222. The van der Waals surface area contributed by atoms with Gasteiger partial charge in [0.2, 0.25) is 0 Å². The third-order valence-corrected chi connectivity index (χ3v) is 12.3. The molecule has 21 heavy (non-hydrogen) atoms. The first-order valence-electron chi connectivity index (χ1n) is 8.40. The van der Waals surface area contributed by atoms with Gasteiger partial charge in [0.25, 0.3) is 0 Å². The van der Waals surface area contributed by atoms with E-state index in [9.17, 15) is 0 Å². The second kappa shape index (κ2) is 6.33. The summed E-state index contributed by atoms with van der Waals surface area (Å²) in [6.45, 7) is 28.9. The van der Waals surface area contributed by atoms with Crippen molar-refractivity contribution in [2.45, 2.75) is 93.2 Å². The van der Waals surface area contributed by atoms with Gasteiger partial charge in [0, 0.05) is 23.3 Å². The van der Waals surface area contributed by atoms with Crippen LogP contribution in [-0.2, 0) is 8.85 Å². The Hall–Kier alpha value is 0.137. The Morgan fingerprint density at radius 3 is 0.952 bits per heavy atom. The molecule has 0 amide bonds. The first-order valence-corrected chi connectivity index (χ1v) is 10.2. The second-order valence-corrected chi connectivity index (χ2v) is 13.5. The Morgan fingerprint density at radius 1 is 0.571 bits per heavy atom. The molecule has 0 rings (SSSR count). The summed E-state index contributed by atoms with van der Waals surface area (Å²) in [4.78, 5) is 0. The standard InChI is InChI=1S/C18H40O2Si/c1-13-19-21(20-14-2,17(9,10)15(3,4)5)18(11,12)16(6,7)8/h13-14H2,1-12H3. The molecule has 0 aromatic rings. The molecule has 0 spiro atoms. The predicted octanol–water partition coefficient (Wildman–Crippen LogP) is 6.15. The van der Waals surface area contributed by atoms with E-state index in [-0.39, 0.29) is 20.9 Å². The molecule has 0 radical (unpaired) electrons. The summed E-state index contributed by atoms with van der Waals surface area (Å²) in [5.74, 6) is 0. The van der Waals surface area contributed by atoms with Gasteiger partial charge in [-0.3, -0.25) is 0 Å². The second-order valence-electron chi connectivity index (χ2n) is 9.23. The molecule has 0 saturated heterocycles. The molecule has 0 N–H and O–H groups in total. The van der Waals surface area contributed by atoms with Crippen molar-refractivity contribution in [1.82, 2.24) is 0 Å². The first kappa shape index (κ1) is 21.1. The van der Waals surface area contributed by atoms with Crippen LogP contribution in [-0.4, -0.2) is 21.8 Å². The van der Waals surface area contributed by atoms with E-state index in [1.165, 1.54) is 0 Å². The largest absolute Gasteiger partial charge is 0.394 e. The minimum atomic E-state index is -2.52. The number of hydrogen-bond donors (Lipinski definition) is 0. The summed E-state index contributed by atoms with van der Waals surface area (Å²) in [6.07, 6.45) is 0. The van der Waals surface area contributed by atoms with Crippen LogP contribution in [0.5, 0.6) is 0 Å². The van der Waals surface area contributed by atoms with Crippen molar-refractivity contribution in [2.24, 2.45) is 10.8 Å². The SMILES string of the molecule is CCO[Si](OCC)(C(C)(C)C(C)(C)C)C(C)(C)C(C)(C)C. The minimum absolute atomic E-state index is 0.0111. The Bertz CT molecular complexity index is 298. The fourth-order valence-electron chi connectivity index (χ4n) is 2.94. The maximum absolute atomic E-state index is 6.57. The molecule has 0 fully saturated rings. The lowest BCUT2D eigenvalue weighted by molar-refractivity contribution is 0.0730. The van der Waals surface area contributed by atoms with Crippen LogP contribution in [0.15, 0.2) is 0 Å². The van der Waals surface area contributed by atoms with Gasteiger partial charge in [0.15, 0.2) is 0 Å². The quantitative estimate of drug-likeness (QED) is 0.547. The van der Waals surface area contributed by atoms with E-state index in [0.29, 0.717) is 13.2 Å². The van der Waals surface area contributed by atoms with Gasteiger partial charge in [-0.15, -0.1) is 0 Å². The average Bonchev–Trinajstić information content (AvgIpc) is 2.24. The summed E-state index contributed by atoms with van der Waals surface area (Å²) < 4.78 is 13.1. The van der Waals surface area contributed by atoms with Crippen LogP contribution in [0.1, 0.15) is 83.1 Å². The minimum Gasteiger partial charge on any atom is -0.394 e. The Morgan fingerprint density at radius 2 is 0.810 bits per heavy atom. The van der Waals surface area contributed by atoms with Gasteiger partial charge >= 0.3 is 8.56 Å². The molecule has 0 aliphatic carbocycles. The van der Waals surface area contributed by atoms with Crippen LogP contribution in [0.3, 0.4) is 0 Å². The van der Waals surface area contributed by atoms with Gasteiger partial charge in [-0.1, -0.05) is 69.2 Å². The lowest BCUT2D eigenvalue weighted by Gasteiger charge is -2.60. The van der Waals surface area contributed by atoms with E-state index in [2.05, 4.69) is 83.1 Å². The molecule has 128 valence electrons. The van der Waals surface area contributed by atoms with Crippen molar-refractivity contribution in [1.29, 1.82) is 0 Å². The maximum Gasteiger partial charge on any atom is 0.350 e. The van der Waals surface area contributed by atoms with Gasteiger partial charge in [-0.05, 0) is 24.7 Å². The van der Waals surface area contributed by atoms with E-state index >= 15 is 0 Å². The summed E-state index contributed by atoms with van der Waals surface area (Å²) in [7, 11) is -2.52. The van der Waals surface area contributed by atoms with Crippen molar-refractivity contribution in [3.63, 3.8) is 0 Å². The lowest BCUT2D eigenvalue weighted by Crippen LogP contribution is -2.65. The van der Waals surface area contributed by atoms with Crippen LogP contribution >= 0.6 is 0 Å². The maximum atomic E-state index is 6.57. The van der Waals surface area contributed by atoms with Gasteiger partial charge in [0.05, 0.1) is 0 Å². The molecule has 3 heteroatoms. The van der Waals surface area contributed by atoms with Crippen molar-refractivity contribution in [3.8, 4) is 0 Å². The molecule has 0 bridgehead atoms. The zero-order valence-corrected chi connectivity index (χ0v) is 17.7. The van der Waals surface area contributed by atoms with E-state index in [1.807, 2.05) is 0 Å². The highest BCUT2D eigenvalue weighted by Crippen LogP contribution is 2.65. The molecule has 0 unspecified atom stereocenters. The van der Waals surface area contributed by atoms with Gasteiger partial charge in [0.1, 0.15) is 0 Å². The van der Waals surface area contributed by atoms with Crippen LogP contribution in [0.4, 0.5) is 0 Å². The predicted molar refractivity (Wildman–Crippen MR) is 96.0 cm³/mol. The van der Waals surface area contributed by atoms with Crippen molar-refractivity contribution >= 4 is 8.56 Å². The average molecular weight is 317 g/mol. The van der Waals surface area contributed by atoms with Crippen molar-refractivity contribution in [3.05, 3.63) is 0 Å². The number of rotatable bonds is 6. The zero-order valence-electron chi connectivity index (χ0n) is 16.7. The Kier molecular flexibility index (Phi) is 6.37. The van der Waals surface area contributed by atoms with Crippen LogP contribution in [0.25, 0.3) is 0 Å². The van der Waals surface area contributed by atoms with E-state index in [4.69, 9.17) is 8.85 Å². The highest BCUT2D eigenvalue weighted by Gasteiger charge is 2.68. The zero-order chi connectivity index (χ0) is 17.3. The molecular weight excluding hydrogens is 276 g/mol. The third-order valence-electron chi connectivity index (χ3n) is 6.09. The number of hydrogen-bond acceptors (Lipinski definition) is 2. The highest BCUT2D eigenvalue weighted by atomic mass is 28.4. The molecule has 0 aromatic carbocycles. The molecule has 0 heterocycles. The summed E-state index contributed by atoms with van der Waals surface area (Å²) >= 11 is 0. The van der Waals surface area contributed by atoms with Gasteiger partial charge in [-0.2, -0.15) is 0 Å². The molecule has 2 nitrogen and oxygen atoms in total. The molecular formula is C18H40O2Si. The summed E-state index contributed by atoms with van der Waals surface area (Å²) in [6, 6.07) is 0. The van der Waals surface area contributed by atoms with Crippen LogP contribution in [0, 0.1) is 10.8 Å². The molecule has 0 saturated carbocycles. The fourth-order valence-corrected chi connectivity index (χ4v) is 8.82. The van der Waals surface area contributed by atoms with Crippen LogP contribution < -0.4 is 0 Å². The highest BCUT2D eigenvalue weighted by molar-refractivity contribution is 6.74. The molecule has 0 atom stereocenters. The van der Waals surface area contributed by atoms with Crippen LogP contribution in [0.2, 0.25) is 10.1 Å². The van der Waals surface area contributed by atoms with E-state index < -0.39 is 8.56 Å². The fraction of sp³-hybridized carbons (Fsp3) is 1.00. The normalized spacial score (nSPS) is 15.4. The van der Waals surface area contributed by atoms with Crippen molar-refractivity contribution in [2.75, 3.05) is 13.2 Å². The van der Waals surface area contributed by atoms with Crippen molar-refractivity contribution < 1.29 is 8.85 Å². The topological polar surface area (TPSA) is 18.5 Å². The molecule has 0 aromatic heterocycles. The smallest absolute Gasteiger partial charge is 0.350 e. The Balaban J connectivity index is 6.38.